The van der Waals surface area contributed by atoms with Gasteiger partial charge in [-0.1, -0.05) is 54.1 Å². The lowest BCUT2D eigenvalue weighted by molar-refractivity contribution is 0.236. The molecule has 0 fully saturated rings. The second kappa shape index (κ2) is 9.27. The SMILES string of the molecule is Cc1ccc(NC(=O)N(NC(=O)NNc2ccccc2)c2ccccc2)c(C)c1. The fraction of sp³-hybridized carbons (Fsp3) is 0.0909. The molecule has 3 aromatic rings. The lowest BCUT2D eigenvalue weighted by Gasteiger charge is -2.24. The first kappa shape index (κ1) is 19.8. The minimum absolute atomic E-state index is 0.488. The number of amides is 4. The van der Waals surface area contributed by atoms with Crippen molar-refractivity contribution >= 4 is 29.1 Å². The molecule has 0 spiro atoms. The summed E-state index contributed by atoms with van der Waals surface area (Å²) in [7, 11) is 0. The molecule has 7 heteroatoms. The van der Waals surface area contributed by atoms with Gasteiger partial charge in [0, 0.05) is 5.69 Å². The standard InChI is InChI=1S/C22H23N5O2/c1-16-13-14-20(17(2)15-16)23-22(29)27(19-11-7-4-8-12-19)26-21(28)25-24-18-9-5-3-6-10-18/h3-15,24H,1-2H3,(H,23,29)(H2,25,26,28). The van der Waals surface area contributed by atoms with Crippen molar-refractivity contribution in [2.45, 2.75) is 13.8 Å². The van der Waals surface area contributed by atoms with Gasteiger partial charge in [-0.05, 0) is 49.7 Å². The molecule has 4 N–H and O–H groups in total. The van der Waals surface area contributed by atoms with Crippen LogP contribution in [0.25, 0.3) is 0 Å². The zero-order valence-electron chi connectivity index (χ0n) is 16.3. The van der Waals surface area contributed by atoms with Crippen LogP contribution in [0, 0.1) is 13.8 Å². The van der Waals surface area contributed by atoms with E-state index < -0.39 is 12.1 Å². The normalized spacial score (nSPS) is 10.0. The smallest absolute Gasteiger partial charge is 0.306 e. The molecule has 0 unspecified atom stereocenters. The van der Waals surface area contributed by atoms with Crippen molar-refractivity contribution in [3.8, 4) is 0 Å². The Morgan fingerprint density at radius 2 is 1.48 bits per heavy atom. The summed E-state index contributed by atoms with van der Waals surface area (Å²) in [5.74, 6) is 0. The molecule has 0 radical (unpaired) electrons. The largest absolute Gasteiger partial charge is 0.352 e. The molecule has 0 bridgehead atoms. The Bertz CT molecular complexity index is 977. The third-order valence-corrected chi connectivity index (χ3v) is 4.15. The second-order valence-corrected chi connectivity index (χ2v) is 6.48. The van der Waals surface area contributed by atoms with Crippen molar-refractivity contribution in [2.75, 3.05) is 15.8 Å². The molecule has 0 heterocycles. The lowest BCUT2D eigenvalue weighted by Crippen LogP contribution is -2.53. The van der Waals surface area contributed by atoms with E-state index in [-0.39, 0.29) is 0 Å². The molecule has 0 aliphatic rings. The zero-order valence-corrected chi connectivity index (χ0v) is 16.3. The number of carbonyl (C=O) groups excluding carboxylic acids is 2. The topological polar surface area (TPSA) is 85.5 Å². The van der Waals surface area contributed by atoms with E-state index in [0.29, 0.717) is 17.1 Å². The van der Waals surface area contributed by atoms with Crippen LogP contribution in [-0.2, 0) is 0 Å². The Hall–Kier alpha value is -4.00. The van der Waals surface area contributed by atoms with Crippen molar-refractivity contribution in [3.63, 3.8) is 0 Å². The van der Waals surface area contributed by atoms with Crippen LogP contribution >= 0.6 is 0 Å². The number of rotatable bonds is 4. The van der Waals surface area contributed by atoms with Crippen LogP contribution in [0.3, 0.4) is 0 Å². The maximum absolute atomic E-state index is 12.9. The molecule has 4 amide bonds. The van der Waals surface area contributed by atoms with E-state index >= 15 is 0 Å². The van der Waals surface area contributed by atoms with Crippen LogP contribution in [0.4, 0.5) is 26.7 Å². The lowest BCUT2D eigenvalue weighted by atomic mass is 10.1. The van der Waals surface area contributed by atoms with E-state index in [9.17, 15) is 9.59 Å². The molecule has 0 saturated carbocycles. The molecule has 0 aliphatic carbocycles. The van der Waals surface area contributed by atoms with Crippen molar-refractivity contribution in [2.24, 2.45) is 0 Å². The highest BCUT2D eigenvalue weighted by atomic mass is 16.2. The molecule has 3 rings (SSSR count). The van der Waals surface area contributed by atoms with Gasteiger partial charge in [0.2, 0.25) is 0 Å². The van der Waals surface area contributed by atoms with Gasteiger partial charge in [-0.25, -0.2) is 20.0 Å². The monoisotopic (exact) mass is 389 g/mol. The van der Waals surface area contributed by atoms with Crippen LogP contribution < -0.4 is 26.6 Å². The van der Waals surface area contributed by atoms with Gasteiger partial charge in [0.25, 0.3) is 0 Å². The van der Waals surface area contributed by atoms with E-state index in [2.05, 4.69) is 21.6 Å². The first-order chi connectivity index (χ1) is 14.0. The number of anilines is 3. The number of hydrogen-bond acceptors (Lipinski definition) is 3. The number of hydrazine groups is 2. The molecule has 0 aliphatic heterocycles. The predicted octanol–water partition coefficient (Wildman–Crippen LogP) is 4.58. The molecular weight excluding hydrogens is 366 g/mol. The van der Waals surface area contributed by atoms with Crippen LogP contribution in [0.5, 0.6) is 0 Å². The Labute approximate surface area is 169 Å². The fourth-order valence-electron chi connectivity index (χ4n) is 2.71. The Balaban J connectivity index is 1.72. The summed E-state index contributed by atoms with van der Waals surface area (Å²) < 4.78 is 0. The van der Waals surface area contributed by atoms with E-state index in [0.717, 1.165) is 16.1 Å². The Morgan fingerprint density at radius 1 is 0.828 bits per heavy atom. The first-order valence-electron chi connectivity index (χ1n) is 9.14. The number of nitrogens with one attached hydrogen (secondary N) is 4. The van der Waals surface area contributed by atoms with Gasteiger partial charge in [-0.3, -0.25) is 10.9 Å². The van der Waals surface area contributed by atoms with Crippen LogP contribution in [0.1, 0.15) is 11.1 Å². The number of hydrogen-bond donors (Lipinski definition) is 4. The van der Waals surface area contributed by atoms with Crippen molar-refractivity contribution in [3.05, 3.63) is 90.0 Å². The molecule has 29 heavy (non-hydrogen) atoms. The summed E-state index contributed by atoms with van der Waals surface area (Å²) in [6.07, 6.45) is 0. The van der Waals surface area contributed by atoms with Crippen LogP contribution in [-0.4, -0.2) is 12.1 Å². The maximum Gasteiger partial charge on any atom is 0.352 e. The highest BCUT2D eigenvalue weighted by Crippen LogP contribution is 2.18. The van der Waals surface area contributed by atoms with E-state index in [1.54, 1.807) is 24.3 Å². The number of carbonyl (C=O) groups is 2. The summed E-state index contributed by atoms with van der Waals surface area (Å²) in [5.41, 5.74) is 11.8. The van der Waals surface area contributed by atoms with Crippen molar-refractivity contribution < 1.29 is 9.59 Å². The Kier molecular flexibility index (Phi) is 6.32. The molecule has 148 valence electrons. The van der Waals surface area contributed by atoms with Gasteiger partial charge in [-0.15, -0.1) is 0 Å². The second-order valence-electron chi connectivity index (χ2n) is 6.48. The van der Waals surface area contributed by atoms with Crippen LogP contribution in [0.2, 0.25) is 0 Å². The van der Waals surface area contributed by atoms with Gasteiger partial charge >= 0.3 is 12.1 Å². The first-order valence-corrected chi connectivity index (χ1v) is 9.14. The molecule has 0 aromatic heterocycles. The maximum atomic E-state index is 12.9. The number of benzene rings is 3. The number of nitrogens with zero attached hydrogens (tertiary/aromatic N) is 1. The van der Waals surface area contributed by atoms with Crippen molar-refractivity contribution in [1.29, 1.82) is 0 Å². The van der Waals surface area contributed by atoms with Gasteiger partial charge in [0.05, 0.1) is 11.4 Å². The van der Waals surface area contributed by atoms with E-state index in [4.69, 9.17) is 0 Å². The van der Waals surface area contributed by atoms with Gasteiger partial charge in [0.1, 0.15) is 0 Å². The molecular formula is C22H23N5O2. The minimum Gasteiger partial charge on any atom is -0.306 e. The summed E-state index contributed by atoms with van der Waals surface area (Å²) >= 11 is 0. The predicted molar refractivity (Wildman–Crippen MR) is 116 cm³/mol. The highest BCUT2D eigenvalue weighted by Gasteiger charge is 2.19. The number of para-hydroxylation sites is 2. The molecule has 7 nitrogen and oxygen atoms in total. The van der Waals surface area contributed by atoms with Gasteiger partial charge in [0.15, 0.2) is 0 Å². The number of aryl methyl sites for hydroxylation is 2. The molecule has 3 aromatic carbocycles. The van der Waals surface area contributed by atoms with Crippen molar-refractivity contribution in [1.82, 2.24) is 10.9 Å². The summed E-state index contributed by atoms with van der Waals surface area (Å²) in [6, 6.07) is 22.7. The highest BCUT2D eigenvalue weighted by molar-refractivity contribution is 6.03. The van der Waals surface area contributed by atoms with Crippen LogP contribution in [0.15, 0.2) is 78.9 Å². The quantitative estimate of drug-likeness (QED) is 0.493. The summed E-state index contributed by atoms with van der Waals surface area (Å²) in [5, 5.41) is 3.99. The van der Waals surface area contributed by atoms with Gasteiger partial charge < -0.3 is 5.32 Å². The van der Waals surface area contributed by atoms with Gasteiger partial charge in [-0.2, -0.15) is 0 Å². The third kappa shape index (κ3) is 5.49. The fourth-order valence-corrected chi connectivity index (χ4v) is 2.71. The minimum atomic E-state index is -0.589. The Morgan fingerprint density at radius 3 is 2.14 bits per heavy atom. The summed E-state index contributed by atoms with van der Waals surface area (Å²) in [4.78, 5) is 25.3. The molecule has 0 atom stereocenters. The molecule has 0 saturated heterocycles. The third-order valence-electron chi connectivity index (χ3n) is 4.15. The zero-order chi connectivity index (χ0) is 20.6. The summed E-state index contributed by atoms with van der Waals surface area (Å²) in [6.45, 7) is 3.90. The van der Waals surface area contributed by atoms with E-state index in [1.165, 1.54) is 0 Å². The number of urea groups is 2. The average Bonchev–Trinajstić information content (AvgIpc) is 2.74. The average molecular weight is 389 g/mol. The van der Waals surface area contributed by atoms with E-state index in [1.807, 2.05) is 68.4 Å².